The molecule has 18 heteroatoms. The number of cyclic esters (lactones) is 2. The van der Waals surface area contributed by atoms with Gasteiger partial charge in [0.2, 0.25) is 0 Å². The molecule has 0 aromatic carbocycles. The number of aliphatic hydroxyl groups is 8. The number of esters is 2. The average molecular weight is 1150 g/mol. The fraction of sp³-hybridized carbons (Fsp3) is 0.778. The number of aliphatic hydroxyl groups excluding tert-OH is 7. The summed E-state index contributed by atoms with van der Waals surface area (Å²) in [6, 6.07) is 0. The lowest BCUT2D eigenvalue weighted by Crippen LogP contribution is -2.60. The van der Waals surface area contributed by atoms with Gasteiger partial charge < -0.3 is 78.7 Å². The van der Waals surface area contributed by atoms with Crippen LogP contribution in [0.1, 0.15) is 161 Å². The van der Waals surface area contributed by atoms with Crippen molar-refractivity contribution in [2.75, 3.05) is 0 Å². The molecule has 5 heterocycles. The Bertz CT molecular complexity index is 2150. The molecule has 25 unspecified atom stereocenters. The van der Waals surface area contributed by atoms with Crippen molar-refractivity contribution in [3.8, 4) is 0 Å². The van der Waals surface area contributed by atoms with Gasteiger partial charge >= 0.3 is 11.9 Å². The predicted molar refractivity (Wildman–Crippen MR) is 305 cm³/mol. The fourth-order valence-electron chi connectivity index (χ4n) is 12.7. The molecular formula is C63H102O18. The SMILES string of the molecule is CCC1=C\C=C\C(CC)C(C(C)C(O)CC2(O)CC(OC3CC(O)C(O)C(C)O3)C(CC)C(C)O2)OC(=O)/C=C/C(CC)=C/C=C/C(CC)C(C(C)C(O)CC2(C)CC(OC3OC(C)C(O)C(O)C3O)C(CC)C(C)O2)OC(=O)\C=C\1. The highest BCUT2D eigenvalue weighted by Gasteiger charge is 2.51. The molecule has 0 amide bonds. The van der Waals surface area contributed by atoms with Crippen molar-refractivity contribution in [3.63, 3.8) is 0 Å². The number of rotatable bonds is 18. The van der Waals surface area contributed by atoms with Gasteiger partial charge in [0.05, 0.1) is 60.5 Å². The standard InChI is InChI=1S/C63H102O18/c1-14-41-22-20-24-43(16-3)59(35(7)48(65)31-62(13)33-50(45(18-5)37(9)80-62)77-61-58(72)57(71)56(70)40(12)75-61)78-52(67)28-26-42(15-2)23-21-25-44(17-4)60(79-53(68)29-27-41)36(8)49(66)32-63(73)34-51(46(19-6)38(10)81-63)76-54-30-47(64)55(69)39(11)74-54/h20-29,35-40,43-51,54-61,64-66,69-73H,14-19,30-34H2,1-13H3/b24-20+,25-21+,28-26+,29-27+,41-22+,42-23+. The van der Waals surface area contributed by atoms with Crippen LogP contribution in [0.4, 0.5) is 0 Å². The first kappa shape index (κ1) is 68.6. The van der Waals surface area contributed by atoms with E-state index >= 15 is 0 Å². The molecule has 0 bridgehead atoms. The lowest BCUT2D eigenvalue weighted by molar-refractivity contribution is -0.330. The van der Waals surface area contributed by atoms with Crippen molar-refractivity contribution >= 4 is 11.9 Å². The Balaban J connectivity index is 1.38. The summed E-state index contributed by atoms with van der Waals surface area (Å²) in [6.45, 7) is 24.5. The summed E-state index contributed by atoms with van der Waals surface area (Å²) in [5, 5.41) is 88.8. The molecule has 81 heavy (non-hydrogen) atoms. The zero-order valence-electron chi connectivity index (χ0n) is 50.5. The molecule has 4 saturated heterocycles. The Morgan fingerprint density at radius 3 is 1.56 bits per heavy atom. The van der Waals surface area contributed by atoms with Crippen LogP contribution in [0.15, 0.2) is 71.9 Å². The highest BCUT2D eigenvalue weighted by atomic mass is 16.7. The summed E-state index contributed by atoms with van der Waals surface area (Å²) >= 11 is 0. The third-order valence-corrected chi connectivity index (χ3v) is 18.0. The van der Waals surface area contributed by atoms with E-state index in [0.29, 0.717) is 44.9 Å². The van der Waals surface area contributed by atoms with Gasteiger partial charge in [-0.3, -0.25) is 0 Å². The first-order chi connectivity index (χ1) is 38.2. The summed E-state index contributed by atoms with van der Waals surface area (Å²) in [6.07, 6.45) is 5.79. The van der Waals surface area contributed by atoms with Crippen LogP contribution in [0.3, 0.4) is 0 Å². The van der Waals surface area contributed by atoms with Crippen LogP contribution in [0.25, 0.3) is 0 Å². The molecule has 0 saturated carbocycles. The van der Waals surface area contributed by atoms with Crippen molar-refractivity contribution in [2.45, 2.75) is 276 Å². The Morgan fingerprint density at radius 2 is 1.07 bits per heavy atom. The molecule has 462 valence electrons. The Morgan fingerprint density at radius 1 is 0.593 bits per heavy atom. The Hall–Kier alpha value is -3.18. The smallest absolute Gasteiger partial charge is 0.331 e. The van der Waals surface area contributed by atoms with Crippen LogP contribution in [-0.4, -0.2) is 168 Å². The number of ether oxygens (including phenoxy) is 8. The highest BCUT2D eigenvalue weighted by Crippen LogP contribution is 2.43. The van der Waals surface area contributed by atoms with Gasteiger partial charge in [0.15, 0.2) is 18.4 Å². The van der Waals surface area contributed by atoms with E-state index in [1.807, 2.05) is 106 Å². The van der Waals surface area contributed by atoms with E-state index in [1.54, 1.807) is 32.9 Å². The Kier molecular flexibility index (Phi) is 26.5. The zero-order valence-corrected chi connectivity index (χ0v) is 50.5. The van der Waals surface area contributed by atoms with Crippen molar-refractivity contribution in [1.29, 1.82) is 0 Å². The number of allylic oxidation sites excluding steroid dienone is 8. The lowest BCUT2D eigenvalue weighted by atomic mass is 9.76. The number of carbonyl (C=O) groups is 2. The summed E-state index contributed by atoms with van der Waals surface area (Å²) in [5.74, 6) is -5.34. The van der Waals surface area contributed by atoms with Crippen LogP contribution >= 0.6 is 0 Å². The van der Waals surface area contributed by atoms with E-state index in [1.165, 1.54) is 12.2 Å². The molecule has 18 nitrogen and oxygen atoms in total. The quantitative estimate of drug-likeness (QED) is 0.0635. The Labute approximate surface area is 482 Å². The van der Waals surface area contributed by atoms with Gasteiger partial charge in [-0.15, -0.1) is 0 Å². The van der Waals surface area contributed by atoms with Crippen molar-refractivity contribution in [2.24, 2.45) is 35.5 Å². The van der Waals surface area contributed by atoms with Crippen LogP contribution in [0, 0.1) is 35.5 Å². The number of carbonyl (C=O) groups excluding carboxylic acids is 2. The van der Waals surface area contributed by atoms with Gasteiger partial charge in [0, 0.05) is 79.8 Å². The molecule has 0 aromatic rings. The van der Waals surface area contributed by atoms with E-state index in [4.69, 9.17) is 37.9 Å². The van der Waals surface area contributed by atoms with E-state index < -0.39 is 139 Å². The molecule has 5 rings (SSSR count). The van der Waals surface area contributed by atoms with E-state index in [2.05, 4.69) is 0 Å². The van der Waals surface area contributed by atoms with Crippen LogP contribution in [0.2, 0.25) is 0 Å². The first-order valence-corrected chi connectivity index (χ1v) is 30.2. The van der Waals surface area contributed by atoms with Crippen molar-refractivity contribution in [3.05, 3.63) is 71.9 Å². The minimum Gasteiger partial charge on any atom is -0.458 e. The molecule has 0 spiro atoms. The topological polar surface area (TPSA) is 270 Å². The zero-order chi connectivity index (χ0) is 60.1. The summed E-state index contributed by atoms with van der Waals surface area (Å²) < 4.78 is 50.1. The van der Waals surface area contributed by atoms with Crippen LogP contribution in [-0.2, 0) is 47.5 Å². The van der Waals surface area contributed by atoms with Gasteiger partial charge in [-0.2, -0.15) is 0 Å². The molecule has 0 aromatic heterocycles. The largest absolute Gasteiger partial charge is 0.458 e. The summed E-state index contributed by atoms with van der Waals surface area (Å²) in [7, 11) is 0. The maximum Gasteiger partial charge on any atom is 0.331 e. The monoisotopic (exact) mass is 1150 g/mol. The number of hydrogen-bond donors (Lipinski definition) is 8. The molecule has 5 aliphatic rings. The van der Waals surface area contributed by atoms with Gasteiger partial charge in [0.25, 0.3) is 0 Å². The molecule has 5 aliphatic heterocycles. The van der Waals surface area contributed by atoms with Gasteiger partial charge in [-0.25, -0.2) is 9.59 Å². The maximum atomic E-state index is 14.0. The second kappa shape index (κ2) is 31.3. The van der Waals surface area contributed by atoms with Gasteiger partial charge in [-0.1, -0.05) is 104 Å². The van der Waals surface area contributed by atoms with Gasteiger partial charge in [0.1, 0.15) is 36.6 Å². The van der Waals surface area contributed by atoms with E-state index in [-0.39, 0.29) is 49.5 Å². The van der Waals surface area contributed by atoms with Crippen LogP contribution in [0.5, 0.6) is 0 Å². The second-order valence-corrected chi connectivity index (χ2v) is 24.0. The van der Waals surface area contributed by atoms with E-state index in [9.17, 15) is 50.4 Å². The molecule has 25 atom stereocenters. The molecular weight excluding hydrogens is 1040 g/mol. The highest BCUT2D eigenvalue weighted by molar-refractivity contribution is 5.83. The normalized spacial score (nSPS) is 44.1. The van der Waals surface area contributed by atoms with Crippen molar-refractivity contribution in [1.82, 2.24) is 0 Å². The number of hydrogen-bond acceptors (Lipinski definition) is 18. The van der Waals surface area contributed by atoms with Gasteiger partial charge in [-0.05, 0) is 84.3 Å². The summed E-state index contributed by atoms with van der Waals surface area (Å²) in [5.41, 5.74) is 0.661. The molecule has 4 fully saturated rings. The minimum absolute atomic E-state index is 0.000686. The molecule has 8 N–H and O–H groups in total. The second-order valence-electron chi connectivity index (χ2n) is 24.0. The first-order valence-electron chi connectivity index (χ1n) is 30.2. The molecule has 0 radical (unpaired) electrons. The van der Waals surface area contributed by atoms with Crippen molar-refractivity contribution < 1.29 is 88.3 Å². The molecule has 0 aliphatic carbocycles. The van der Waals surface area contributed by atoms with Crippen LogP contribution < -0.4 is 0 Å². The average Bonchev–Trinajstić information content (AvgIpc) is 3.40. The third kappa shape index (κ3) is 18.4. The summed E-state index contributed by atoms with van der Waals surface area (Å²) in [4.78, 5) is 27.9. The van der Waals surface area contributed by atoms with E-state index in [0.717, 1.165) is 11.1 Å². The lowest BCUT2D eigenvalue weighted by Gasteiger charge is -2.49. The fourth-order valence-corrected chi connectivity index (χ4v) is 12.7. The maximum absolute atomic E-state index is 14.0. The predicted octanol–water partition coefficient (Wildman–Crippen LogP) is 7.12. The minimum atomic E-state index is -1.83. The third-order valence-electron chi connectivity index (χ3n) is 18.0.